The molecule has 1 fully saturated rings. The fraction of sp³-hybridized carbons (Fsp3) is 0.531. The Labute approximate surface area is 287 Å². The van der Waals surface area contributed by atoms with E-state index in [2.05, 4.69) is 15.7 Å². The molecule has 2 N–H and O–H groups in total. The van der Waals surface area contributed by atoms with E-state index in [1.165, 1.54) is 18.0 Å². The van der Waals surface area contributed by atoms with Crippen molar-refractivity contribution in [2.75, 3.05) is 26.5 Å². The number of esters is 2. The Morgan fingerprint density at radius 2 is 1.81 bits per heavy atom. The molecule has 2 aromatic rings. The molecule has 258 valence electrons. The number of alkyl halides is 5. The second kappa shape index (κ2) is 16.9. The molecule has 0 bridgehead atoms. The summed E-state index contributed by atoms with van der Waals surface area (Å²) in [5.74, 6) is -4.04. The topological polar surface area (TPSA) is 127 Å². The molecule has 3 atom stereocenters. The summed E-state index contributed by atoms with van der Waals surface area (Å²) in [6.45, 7) is 3.46. The largest absolute Gasteiger partial charge is 0.460 e. The van der Waals surface area contributed by atoms with Gasteiger partial charge in [-0.15, -0.1) is 0 Å². The number of rotatable bonds is 13. The molecule has 1 aromatic carbocycles. The van der Waals surface area contributed by atoms with Crippen molar-refractivity contribution in [2.45, 2.75) is 68.9 Å². The Balaban J connectivity index is 1.68. The Bertz CT molecular complexity index is 1470. The quantitative estimate of drug-likeness (QED) is 0.213. The molecular weight excluding hydrogens is 681 g/mol. The van der Waals surface area contributed by atoms with Crippen molar-refractivity contribution < 1.29 is 37.4 Å². The van der Waals surface area contributed by atoms with Crippen LogP contribution in [0.25, 0.3) is 17.0 Å². The number of pyridine rings is 1. The number of ether oxygens (including phenoxy) is 2. The lowest BCUT2D eigenvalue weighted by atomic mass is 9.89. The van der Waals surface area contributed by atoms with Gasteiger partial charge in [-0.2, -0.15) is 0 Å². The van der Waals surface area contributed by atoms with E-state index in [-0.39, 0.29) is 6.54 Å². The maximum atomic E-state index is 14.4. The van der Waals surface area contributed by atoms with Crippen molar-refractivity contribution in [3.63, 3.8) is 0 Å². The van der Waals surface area contributed by atoms with E-state index in [0.29, 0.717) is 23.9 Å². The third kappa shape index (κ3) is 10.5. The van der Waals surface area contributed by atoms with E-state index in [1.54, 1.807) is 26.0 Å². The van der Waals surface area contributed by atoms with Crippen LogP contribution in [0.1, 0.15) is 51.8 Å². The van der Waals surface area contributed by atoms with Crippen LogP contribution in [-0.2, 0) is 35.1 Å². The highest BCUT2D eigenvalue weighted by molar-refractivity contribution is 6.67. The van der Waals surface area contributed by atoms with Crippen LogP contribution in [0.3, 0.4) is 0 Å². The molecule has 2 heterocycles. The van der Waals surface area contributed by atoms with Gasteiger partial charge in [-0.3, -0.25) is 29.2 Å². The van der Waals surface area contributed by atoms with Crippen LogP contribution >= 0.6 is 34.8 Å². The van der Waals surface area contributed by atoms with Crippen molar-refractivity contribution in [3.05, 3.63) is 47.7 Å². The van der Waals surface area contributed by atoms with Gasteiger partial charge in [-0.1, -0.05) is 85.9 Å². The zero-order valence-corrected chi connectivity index (χ0v) is 28.8. The molecule has 1 aliphatic heterocycles. The predicted octanol–water partition coefficient (Wildman–Crippen LogP) is 5.22. The Morgan fingerprint density at radius 3 is 2.43 bits per heavy atom. The van der Waals surface area contributed by atoms with Gasteiger partial charge >= 0.3 is 11.9 Å². The fourth-order valence-corrected chi connectivity index (χ4v) is 4.88. The zero-order chi connectivity index (χ0) is 34.9. The van der Waals surface area contributed by atoms with Gasteiger partial charge in [0.15, 0.2) is 6.10 Å². The molecule has 0 saturated carbocycles. The average Bonchev–Trinajstić information content (AvgIpc) is 3.05. The summed E-state index contributed by atoms with van der Waals surface area (Å²) in [6, 6.07) is 7.10. The summed E-state index contributed by atoms with van der Waals surface area (Å²) >= 11 is 16.9. The molecule has 2 amide bonds. The van der Waals surface area contributed by atoms with Crippen molar-refractivity contribution in [1.82, 2.24) is 20.7 Å². The minimum absolute atomic E-state index is 0.227. The van der Waals surface area contributed by atoms with Crippen molar-refractivity contribution in [3.8, 4) is 0 Å². The number of halogens is 5. The number of hydrazine groups is 1. The number of benzene rings is 1. The molecule has 1 aliphatic rings. The molecule has 3 unspecified atom stereocenters. The monoisotopic (exact) mass is 718 g/mol. The van der Waals surface area contributed by atoms with E-state index < -0.39 is 77.0 Å². The number of aryl methyl sites for hydroxylation is 1. The molecule has 10 nitrogen and oxygen atoms in total. The van der Waals surface area contributed by atoms with Crippen LogP contribution in [-0.4, -0.2) is 82.2 Å². The third-order valence-corrected chi connectivity index (χ3v) is 7.88. The van der Waals surface area contributed by atoms with Crippen LogP contribution in [0.5, 0.6) is 0 Å². The van der Waals surface area contributed by atoms with Crippen molar-refractivity contribution in [2.24, 2.45) is 11.3 Å². The maximum absolute atomic E-state index is 14.4. The summed E-state index contributed by atoms with van der Waals surface area (Å²) in [5, 5.41) is 4.55. The molecule has 3 rings (SSSR count). The number of aromatic nitrogens is 1. The van der Waals surface area contributed by atoms with Crippen LogP contribution in [0.4, 0.5) is 8.78 Å². The summed E-state index contributed by atoms with van der Waals surface area (Å²) in [5.41, 5.74) is 2.59. The van der Waals surface area contributed by atoms with E-state index in [4.69, 9.17) is 44.3 Å². The number of carbonyl (C=O) groups excluding carboxylic acids is 4. The highest BCUT2D eigenvalue weighted by atomic mass is 35.6. The summed E-state index contributed by atoms with van der Waals surface area (Å²) in [6.07, 6.45) is 2.57. The molecule has 15 heteroatoms. The highest BCUT2D eigenvalue weighted by Crippen LogP contribution is 2.28. The standard InChI is InChI=1S/C32H39Cl3F2N4O6/c1-5-23-11-10-22-9-8-21(15-25(22)39-23)12-13-31(16-36,17-37)30(45)47-26(19(2)3)27(42)38-20(4)28(43)41-14-6-7-24(40-41)29(44)46-18-32(33,34)35/h8-13,15,19-20,24,26,40H,5-7,14,16-18H2,1-4H3,(H,38,42)/b13-12+. The van der Waals surface area contributed by atoms with Crippen LogP contribution in [0, 0.1) is 11.3 Å². The SMILES string of the molecule is CCc1ccc2ccc(/C=C/C(CF)(CF)C(=O)OC(C(=O)NC(C)C(=O)N3CCCC(C(=O)OCC(Cl)(Cl)Cl)N3)C(C)C)cc2n1. The second-order valence-corrected chi connectivity index (χ2v) is 14.2. The summed E-state index contributed by atoms with van der Waals surface area (Å²) < 4.78 is 37.4. The first-order chi connectivity index (χ1) is 22.1. The lowest BCUT2D eigenvalue weighted by Crippen LogP contribution is -2.60. The molecule has 0 aliphatic carbocycles. The van der Waals surface area contributed by atoms with Crippen LogP contribution in [0.2, 0.25) is 0 Å². The molecule has 1 aromatic heterocycles. The van der Waals surface area contributed by atoms with Gasteiger partial charge < -0.3 is 14.8 Å². The first-order valence-electron chi connectivity index (χ1n) is 15.2. The first kappa shape index (κ1) is 38.4. The summed E-state index contributed by atoms with van der Waals surface area (Å²) in [7, 11) is 0. The van der Waals surface area contributed by atoms with Gasteiger partial charge in [-0.05, 0) is 49.8 Å². The van der Waals surface area contributed by atoms with Crippen molar-refractivity contribution >= 4 is 75.5 Å². The zero-order valence-electron chi connectivity index (χ0n) is 26.5. The lowest BCUT2D eigenvalue weighted by Gasteiger charge is -2.35. The minimum Gasteiger partial charge on any atom is -0.460 e. The average molecular weight is 720 g/mol. The minimum atomic E-state index is -2.31. The number of hydrogen-bond acceptors (Lipinski definition) is 8. The summed E-state index contributed by atoms with van der Waals surface area (Å²) in [4.78, 5) is 56.6. The Hall–Kier alpha value is -3.06. The van der Waals surface area contributed by atoms with E-state index >= 15 is 0 Å². The van der Waals surface area contributed by atoms with Gasteiger partial charge in [0.1, 0.15) is 37.5 Å². The van der Waals surface area contributed by atoms with Gasteiger partial charge in [0.2, 0.25) is 3.79 Å². The van der Waals surface area contributed by atoms with Crippen molar-refractivity contribution in [1.29, 1.82) is 0 Å². The van der Waals surface area contributed by atoms with Gasteiger partial charge in [-0.25, -0.2) is 14.2 Å². The second-order valence-electron chi connectivity index (χ2n) is 11.7. The molecule has 0 radical (unpaired) electrons. The number of amides is 2. The normalized spacial score (nSPS) is 17.1. The number of nitrogens with one attached hydrogen (secondary N) is 2. The third-order valence-electron chi connectivity index (χ3n) is 7.56. The van der Waals surface area contributed by atoms with E-state index in [9.17, 15) is 28.0 Å². The number of carbonyl (C=O) groups is 4. The molecule has 1 saturated heterocycles. The number of nitrogens with zero attached hydrogens (tertiary/aromatic N) is 2. The highest BCUT2D eigenvalue weighted by Gasteiger charge is 2.42. The van der Waals surface area contributed by atoms with Crippen LogP contribution < -0.4 is 10.7 Å². The van der Waals surface area contributed by atoms with Gasteiger partial charge in [0, 0.05) is 17.6 Å². The Morgan fingerprint density at radius 1 is 1.13 bits per heavy atom. The molecule has 0 spiro atoms. The van der Waals surface area contributed by atoms with Crippen LogP contribution in [0.15, 0.2) is 36.4 Å². The predicted molar refractivity (Wildman–Crippen MR) is 176 cm³/mol. The van der Waals surface area contributed by atoms with Gasteiger partial charge in [0.25, 0.3) is 11.8 Å². The van der Waals surface area contributed by atoms with E-state index in [1.807, 2.05) is 25.1 Å². The maximum Gasteiger partial charge on any atom is 0.325 e. The van der Waals surface area contributed by atoms with E-state index in [0.717, 1.165) is 23.6 Å². The number of fused-ring (bicyclic) bond motifs is 1. The molecular formula is C32H39Cl3F2N4O6. The molecule has 47 heavy (non-hydrogen) atoms. The first-order valence-corrected chi connectivity index (χ1v) is 16.3. The Kier molecular flexibility index (Phi) is 13.8. The number of hydrogen-bond donors (Lipinski definition) is 2. The smallest absolute Gasteiger partial charge is 0.325 e. The lowest BCUT2D eigenvalue weighted by molar-refractivity contribution is -0.168. The van der Waals surface area contributed by atoms with Gasteiger partial charge in [0.05, 0.1) is 5.52 Å². The fourth-order valence-electron chi connectivity index (χ4n) is 4.72.